The summed E-state index contributed by atoms with van der Waals surface area (Å²) in [4.78, 5) is 0. The fourth-order valence-corrected chi connectivity index (χ4v) is 3.62. The van der Waals surface area contributed by atoms with Crippen molar-refractivity contribution in [1.29, 1.82) is 0 Å². The summed E-state index contributed by atoms with van der Waals surface area (Å²) >= 11 is 0. The van der Waals surface area contributed by atoms with Gasteiger partial charge in [-0.3, -0.25) is 0 Å². The average Bonchev–Trinajstić information content (AvgIpc) is 2.80. The van der Waals surface area contributed by atoms with Gasteiger partial charge in [-0.05, 0) is 52.8 Å². The van der Waals surface area contributed by atoms with Crippen LogP contribution in [0.5, 0.6) is 0 Å². The van der Waals surface area contributed by atoms with Crippen LogP contribution in [-0.2, 0) is 0 Å². The van der Waals surface area contributed by atoms with Gasteiger partial charge in [-0.1, -0.05) is 104 Å². The average molecular weight is 388 g/mol. The lowest BCUT2D eigenvalue weighted by Crippen LogP contribution is -1.98. The Labute approximate surface area is 178 Å². The van der Waals surface area contributed by atoms with Crippen molar-refractivity contribution in [2.24, 2.45) is 0 Å². The summed E-state index contributed by atoms with van der Waals surface area (Å²) in [5.41, 5.74) is 6.94. The number of rotatable bonds is 6. The number of nitrogens with one attached hydrogen (secondary N) is 1. The van der Waals surface area contributed by atoms with E-state index in [1.54, 1.807) is 0 Å². The van der Waals surface area contributed by atoms with E-state index in [0.717, 1.165) is 11.4 Å². The highest BCUT2D eigenvalue weighted by atomic mass is 14.9. The van der Waals surface area contributed by atoms with Crippen LogP contribution < -0.4 is 5.32 Å². The summed E-state index contributed by atoms with van der Waals surface area (Å²) in [6.07, 6.45) is 5.99. The minimum Gasteiger partial charge on any atom is -0.355 e. The van der Waals surface area contributed by atoms with Crippen molar-refractivity contribution in [3.05, 3.63) is 133 Å². The van der Waals surface area contributed by atoms with E-state index in [4.69, 9.17) is 0 Å². The molecule has 0 aliphatic rings. The van der Waals surface area contributed by atoms with Crippen molar-refractivity contribution in [2.75, 3.05) is 5.32 Å². The number of allylic oxidation sites excluding steroid dienone is 4. The maximum absolute atomic E-state index is 3.88. The van der Waals surface area contributed by atoms with Crippen LogP contribution >= 0.6 is 0 Å². The first-order chi connectivity index (χ1) is 14.7. The molecule has 4 aromatic carbocycles. The molecule has 0 heterocycles. The first-order valence-corrected chi connectivity index (χ1v) is 10.2. The van der Waals surface area contributed by atoms with E-state index < -0.39 is 0 Å². The van der Waals surface area contributed by atoms with Crippen LogP contribution in [0, 0.1) is 0 Å². The molecule has 0 fully saturated rings. The van der Waals surface area contributed by atoms with Crippen molar-refractivity contribution < 1.29 is 0 Å². The van der Waals surface area contributed by atoms with Gasteiger partial charge in [0.25, 0.3) is 0 Å². The SMILES string of the molecule is C=C/C=C(\C=C(/C)c1ccc(-c2ccccc2)cc1)Nc1cccc2ccccc12. The molecule has 0 aromatic heterocycles. The second-order valence-electron chi connectivity index (χ2n) is 7.28. The molecule has 0 radical (unpaired) electrons. The van der Waals surface area contributed by atoms with Gasteiger partial charge < -0.3 is 5.32 Å². The molecule has 1 heteroatoms. The zero-order chi connectivity index (χ0) is 20.8. The standard InChI is InChI=1S/C29H25N/c1-3-10-27(30-29-16-9-14-26-13-7-8-15-28(26)29)21-22(2)23-17-19-25(20-18-23)24-11-5-4-6-12-24/h3-21,30H,1H2,2H3/b22-21+,27-10+. The molecule has 0 amide bonds. The number of anilines is 1. The second-order valence-corrected chi connectivity index (χ2v) is 7.28. The number of hydrogen-bond donors (Lipinski definition) is 1. The summed E-state index contributed by atoms with van der Waals surface area (Å²) in [5.74, 6) is 0. The Bertz CT molecular complexity index is 1210. The van der Waals surface area contributed by atoms with Crippen LogP contribution in [0.25, 0.3) is 27.5 Å². The molecule has 1 N–H and O–H groups in total. The fraction of sp³-hybridized carbons (Fsp3) is 0.0345. The predicted molar refractivity (Wildman–Crippen MR) is 131 cm³/mol. The molecule has 0 aliphatic heterocycles. The zero-order valence-corrected chi connectivity index (χ0v) is 17.2. The largest absolute Gasteiger partial charge is 0.355 e. The molecule has 30 heavy (non-hydrogen) atoms. The van der Waals surface area contributed by atoms with Crippen LogP contribution in [0.1, 0.15) is 12.5 Å². The minimum absolute atomic E-state index is 1.01. The van der Waals surface area contributed by atoms with Crippen molar-refractivity contribution in [2.45, 2.75) is 6.92 Å². The highest BCUT2D eigenvalue weighted by molar-refractivity contribution is 5.94. The van der Waals surface area contributed by atoms with Crippen LogP contribution in [0.3, 0.4) is 0 Å². The van der Waals surface area contributed by atoms with Crippen molar-refractivity contribution in [3.8, 4) is 11.1 Å². The quantitative estimate of drug-likeness (QED) is 0.330. The molecular formula is C29H25N. The molecule has 0 bridgehead atoms. The first-order valence-electron chi connectivity index (χ1n) is 10.2. The first kappa shape index (κ1) is 19.5. The molecule has 0 aliphatic carbocycles. The van der Waals surface area contributed by atoms with Gasteiger partial charge in [0.1, 0.15) is 0 Å². The Morgan fingerprint density at radius 1 is 0.733 bits per heavy atom. The predicted octanol–water partition coefficient (Wildman–Crippen LogP) is 8.09. The molecular weight excluding hydrogens is 362 g/mol. The monoisotopic (exact) mass is 387 g/mol. The maximum atomic E-state index is 3.88. The van der Waals surface area contributed by atoms with E-state index in [-0.39, 0.29) is 0 Å². The van der Waals surface area contributed by atoms with Gasteiger partial charge in [0.15, 0.2) is 0 Å². The smallest absolute Gasteiger partial charge is 0.0463 e. The molecule has 0 atom stereocenters. The Balaban J connectivity index is 1.60. The molecule has 0 unspecified atom stereocenters. The van der Waals surface area contributed by atoms with E-state index in [9.17, 15) is 0 Å². The number of hydrogen-bond acceptors (Lipinski definition) is 1. The van der Waals surface area contributed by atoms with Gasteiger partial charge in [0, 0.05) is 16.8 Å². The third-order valence-electron chi connectivity index (χ3n) is 5.19. The Hall–Kier alpha value is -3.84. The van der Waals surface area contributed by atoms with Crippen LogP contribution in [0.2, 0.25) is 0 Å². The summed E-state index contributed by atoms with van der Waals surface area (Å²) < 4.78 is 0. The minimum atomic E-state index is 1.01. The van der Waals surface area contributed by atoms with Crippen molar-refractivity contribution in [1.82, 2.24) is 0 Å². The highest BCUT2D eigenvalue weighted by Crippen LogP contribution is 2.26. The molecule has 146 valence electrons. The van der Waals surface area contributed by atoms with Crippen LogP contribution in [-0.4, -0.2) is 0 Å². The zero-order valence-electron chi connectivity index (χ0n) is 17.2. The maximum Gasteiger partial charge on any atom is 0.0463 e. The number of benzene rings is 4. The third kappa shape index (κ3) is 4.42. The molecule has 1 nitrogen and oxygen atoms in total. The lowest BCUT2D eigenvalue weighted by molar-refractivity contribution is 1.47. The lowest BCUT2D eigenvalue weighted by atomic mass is 10.0. The number of fused-ring (bicyclic) bond motifs is 1. The lowest BCUT2D eigenvalue weighted by Gasteiger charge is -2.12. The van der Waals surface area contributed by atoms with Crippen molar-refractivity contribution in [3.63, 3.8) is 0 Å². The van der Waals surface area contributed by atoms with E-state index in [0.29, 0.717) is 0 Å². The van der Waals surface area contributed by atoms with E-state index in [1.807, 2.05) is 18.2 Å². The van der Waals surface area contributed by atoms with Gasteiger partial charge in [-0.15, -0.1) is 0 Å². The summed E-state index contributed by atoms with van der Waals surface area (Å²) in [6.45, 7) is 6.02. The highest BCUT2D eigenvalue weighted by Gasteiger charge is 2.04. The van der Waals surface area contributed by atoms with Crippen LogP contribution in [0.15, 0.2) is 128 Å². The summed E-state index contributed by atoms with van der Waals surface area (Å²) in [5, 5.41) is 6.00. The van der Waals surface area contributed by atoms with Gasteiger partial charge in [0.05, 0.1) is 0 Å². The normalized spacial score (nSPS) is 12.0. The van der Waals surface area contributed by atoms with E-state index in [2.05, 4.69) is 116 Å². The van der Waals surface area contributed by atoms with Crippen LogP contribution in [0.4, 0.5) is 5.69 Å². The van der Waals surface area contributed by atoms with E-state index >= 15 is 0 Å². The molecule has 0 saturated heterocycles. The molecule has 4 rings (SSSR count). The third-order valence-corrected chi connectivity index (χ3v) is 5.19. The molecule has 0 spiro atoms. The Morgan fingerprint density at radius 2 is 1.40 bits per heavy atom. The van der Waals surface area contributed by atoms with Gasteiger partial charge >= 0.3 is 0 Å². The van der Waals surface area contributed by atoms with Crippen molar-refractivity contribution >= 4 is 22.0 Å². The van der Waals surface area contributed by atoms with Gasteiger partial charge in [0.2, 0.25) is 0 Å². The van der Waals surface area contributed by atoms with Gasteiger partial charge in [-0.2, -0.15) is 0 Å². The summed E-state index contributed by atoms with van der Waals surface area (Å²) in [6, 6.07) is 33.9. The molecule has 0 saturated carbocycles. The molecule has 4 aromatic rings. The Kier molecular flexibility index (Phi) is 5.91. The van der Waals surface area contributed by atoms with E-state index in [1.165, 1.54) is 33.0 Å². The Morgan fingerprint density at radius 3 is 2.17 bits per heavy atom. The topological polar surface area (TPSA) is 12.0 Å². The fourth-order valence-electron chi connectivity index (χ4n) is 3.62. The van der Waals surface area contributed by atoms with Gasteiger partial charge in [-0.25, -0.2) is 0 Å². The second kappa shape index (κ2) is 9.11. The summed E-state index contributed by atoms with van der Waals surface area (Å²) in [7, 11) is 0.